The molecule has 0 aromatic heterocycles. The van der Waals surface area contributed by atoms with E-state index in [0.717, 1.165) is 90.6 Å². The Kier molecular flexibility index (Phi) is 59.5. The first-order valence-corrected chi connectivity index (χ1v) is 34.0. The van der Waals surface area contributed by atoms with Gasteiger partial charge in [-0.3, -0.25) is 14.7 Å². The van der Waals surface area contributed by atoms with E-state index in [1.165, 1.54) is 231 Å². The summed E-state index contributed by atoms with van der Waals surface area (Å²) >= 11 is 0. The van der Waals surface area contributed by atoms with Crippen molar-refractivity contribution in [2.75, 3.05) is 72.0 Å². The Morgan fingerprint density at radius 1 is 0.253 bits per heavy atom. The van der Waals surface area contributed by atoms with Crippen LogP contribution in [0.15, 0.2) is 0 Å². The average molecular weight is 1070 g/mol. The van der Waals surface area contributed by atoms with Crippen LogP contribution in [0.1, 0.15) is 324 Å². The molecule has 0 saturated carbocycles. The quantitative estimate of drug-likeness (QED) is 0.0331. The minimum absolute atomic E-state index is 0.333. The molecule has 0 spiro atoms. The monoisotopic (exact) mass is 1070 g/mol. The molecule has 0 radical (unpaired) electrons. The van der Waals surface area contributed by atoms with Crippen LogP contribution < -0.4 is 5.32 Å². The van der Waals surface area contributed by atoms with Gasteiger partial charge in [0, 0.05) is 72.0 Å². The summed E-state index contributed by atoms with van der Waals surface area (Å²) in [6.07, 6.45) is 53.6. The first-order chi connectivity index (χ1) is 36.7. The van der Waals surface area contributed by atoms with Crippen LogP contribution in [-0.2, 0) is 0 Å². The number of aliphatic hydroxyl groups excluding tert-OH is 5. The lowest BCUT2D eigenvalue weighted by Gasteiger charge is -2.33. The normalized spacial score (nSPS) is 14.2. The molecule has 75 heavy (non-hydrogen) atoms. The predicted molar refractivity (Wildman–Crippen MR) is 328 cm³/mol. The molecule has 0 aromatic rings. The molecule has 0 aliphatic carbocycles. The Balaban J connectivity index is 5.64. The van der Waals surface area contributed by atoms with Crippen molar-refractivity contribution >= 4 is 0 Å². The summed E-state index contributed by atoms with van der Waals surface area (Å²) in [4.78, 5) is 7.13. The zero-order valence-corrected chi connectivity index (χ0v) is 51.6. The lowest BCUT2D eigenvalue weighted by Crippen LogP contribution is -2.47. The Bertz CT molecular complexity index is 1040. The second-order valence-corrected chi connectivity index (χ2v) is 24.1. The van der Waals surface area contributed by atoms with Gasteiger partial charge in [-0.1, -0.05) is 291 Å². The van der Waals surface area contributed by atoms with E-state index in [4.69, 9.17) is 0 Å². The molecule has 9 nitrogen and oxygen atoms in total. The number of hydrogen-bond donors (Lipinski definition) is 6. The molecule has 0 heterocycles. The van der Waals surface area contributed by atoms with Gasteiger partial charge in [0.2, 0.25) is 0 Å². The molecule has 0 aromatic carbocycles. The molecule has 6 N–H and O–H groups in total. The maximum absolute atomic E-state index is 11.5. The summed E-state index contributed by atoms with van der Waals surface area (Å²) in [5, 5.41) is 59.6. The molecule has 5 unspecified atom stereocenters. The number of rotatable bonds is 64. The maximum Gasteiger partial charge on any atom is 0.0667 e. The van der Waals surface area contributed by atoms with Gasteiger partial charge >= 0.3 is 0 Å². The molecular formula is C66H138N4O5. The number of nitrogens with one attached hydrogen (secondary N) is 1. The molecule has 5 atom stereocenters. The number of aliphatic hydroxyl groups is 5. The highest BCUT2D eigenvalue weighted by Gasteiger charge is 2.20. The average Bonchev–Trinajstić information content (AvgIpc) is 3.39. The van der Waals surface area contributed by atoms with Crippen molar-refractivity contribution in [1.29, 1.82) is 0 Å². The number of nitrogens with zero attached hydrogens (tertiary/aromatic N) is 3. The molecule has 9 heteroatoms. The van der Waals surface area contributed by atoms with Crippen molar-refractivity contribution in [3.8, 4) is 0 Å². The highest BCUT2D eigenvalue weighted by molar-refractivity contribution is 4.76. The van der Waals surface area contributed by atoms with E-state index in [2.05, 4.69) is 47.7 Å². The van der Waals surface area contributed by atoms with Crippen LogP contribution in [-0.4, -0.2) is 143 Å². The van der Waals surface area contributed by atoms with Crippen LogP contribution in [0.2, 0.25) is 0 Å². The maximum atomic E-state index is 11.5. The highest BCUT2D eigenvalue weighted by Crippen LogP contribution is 2.17. The van der Waals surface area contributed by atoms with Crippen molar-refractivity contribution in [3.63, 3.8) is 0 Å². The highest BCUT2D eigenvalue weighted by atomic mass is 16.3. The molecule has 0 amide bonds. The van der Waals surface area contributed by atoms with Crippen LogP contribution >= 0.6 is 0 Å². The van der Waals surface area contributed by atoms with Gasteiger partial charge in [-0.15, -0.1) is 0 Å². The van der Waals surface area contributed by atoms with Crippen molar-refractivity contribution in [3.05, 3.63) is 0 Å². The second kappa shape index (κ2) is 59.8. The molecule has 0 bridgehead atoms. The zero-order chi connectivity index (χ0) is 54.9. The zero-order valence-electron chi connectivity index (χ0n) is 51.6. The minimum atomic E-state index is -0.425. The van der Waals surface area contributed by atoms with Crippen LogP contribution in [0.5, 0.6) is 0 Å². The van der Waals surface area contributed by atoms with E-state index in [1.54, 1.807) is 0 Å². The molecule has 0 rings (SSSR count). The van der Waals surface area contributed by atoms with Crippen molar-refractivity contribution in [2.45, 2.75) is 354 Å². The summed E-state index contributed by atoms with van der Waals surface area (Å²) in [5.41, 5.74) is 0. The van der Waals surface area contributed by atoms with Gasteiger partial charge < -0.3 is 30.8 Å². The Morgan fingerprint density at radius 2 is 0.480 bits per heavy atom. The fourth-order valence-electron chi connectivity index (χ4n) is 11.1. The Morgan fingerprint density at radius 3 is 0.747 bits per heavy atom. The predicted octanol–water partition coefficient (Wildman–Crippen LogP) is 15.9. The van der Waals surface area contributed by atoms with Crippen LogP contribution in [0.4, 0.5) is 0 Å². The van der Waals surface area contributed by atoms with E-state index in [1.807, 2.05) is 6.92 Å². The van der Waals surface area contributed by atoms with E-state index < -0.39 is 24.4 Å². The van der Waals surface area contributed by atoms with Crippen molar-refractivity contribution in [1.82, 2.24) is 20.0 Å². The summed E-state index contributed by atoms with van der Waals surface area (Å²) < 4.78 is 0. The molecule has 0 aliphatic heterocycles. The third kappa shape index (κ3) is 55.3. The van der Waals surface area contributed by atoms with E-state index in [0.29, 0.717) is 39.1 Å². The van der Waals surface area contributed by atoms with Crippen molar-refractivity contribution in [2.24, 2.45) is 0 Å². The summed E-state index contributed by atoms with van der Waals surface area (Å²) in [5.74, 6) is 0. The summed E-state index contributed by atoms with van der Waals surface area (Å²) in [6, 6.07) is 0. The molecule has 0 fully saturated rings. The third-order valence-electron chi connectivity index (χ3n) is 16.4. The standard InChI is InChI=1S/C66H138N4O5/c1-6-11-15-19-23-27-31-35-39-43-47-63(72)57-67-51-52-68(53-55-69(58-62(71)10-5)59-64(73)48-44-40-36-32-28-24-20-16-12-7-2)54-56-70(60-65(74)49-45-41-37-33-29-25-21-17-13-8-3)61-66(75)50-46-42-38-34-30-26-22-18-14-9-4/h62-67,71-75H,6-61H2,1-5H3. The smallest absolute Gasteiger partial charge is 0.0667 e. The largest absolute Gasteiger partial charge is 0.392 e. The third-order valence-corrected chi connectivity index (χ3v) is 16.4. The van der Waals surface area contributed by atoms with E-state index in [-0.39, 0.29) is 6.10 Å². The Hall–Kier alpha value is -0.360. The molecule has 0 aliphatic rings. The first-order valence-electron chi connectivity index (χ1n) is 34.0. The molecule has 0 saturated heterocycles. The first kappa shape index (κ1) is 74.6. The van der Waals surface area contributed by atoms with Crippen LogP contribution in [0, 0.1) is 0 Å². The van der Waals surface area contributed by atoms with Gasteiger partial charge in [-0.25, -0.2) is 0 Å². The Labute approximate surface area is 469 Å². The summed E-state index contributed by atoms with van der Waals surface area (Å²) in [7, 11) is 0. The lowest BCUT2D eigenvalue weighted by molar-refractivity contribution is 0.0477. The summed E-state index contributed by atoms with van der Waals surface area (Å²) in [6.45, 7) is 18.8. The van der Waals surface area contributed by atoms with Crippen molar-refractivity contribution < 1.29 is 25.5 Å². The van der Waals surface area contributed by atoms with Gasteiger partial charge in [0.1, 0.15) is 0 Å². The van der Waals surface area contributed by atoms with Gasteiger partial charge in [0.05, 0.1) is 30.5 Å². The van der Waals surface area contributed by atoms with Crippen LogP contribution in [0.3, 0.4) is 0 Å². The molecule has 452 valence electrons. The number of hydrogen-bond acceptors (Lipinski definition) is 9. The van der Waals surface area contributed by atoms with E-state index in [9.17, 15) is 25.5 Å². The molecular weight excluding hydrogens is 929 g/mol. The van der Waals surface area contributed by atoms with Gasteiger partial charge in [0.15, 0.2) is 0 Å². The minimum Gasteiger partial charge on any atom is -0.392 e. The topological polar surface area (TPSA) is 123 Å². The second-order valence-electron chi connectivity index (χ2n) is 24.1. The van der Waals surface area contributed by atoms with Crippen LogP contribution in [0.25, 0.3) is 0 Å². The number of unbranched alkanes of at least 4 members (excludes halogenated alkanes) is 36. The fraction of sp³-hybridized carbons (Fsp3) is 1.00. The van der Waals surface area contributed by atoms with Gasteiger partial charge in [-0.05, 0) is 32.1 Å². The SMILES string of the molecule is CCCCCCCCCCCCC(O)CNCCN(CCN(CC(O)CC)CC(O)CCCCCCCCCCCC)CCN(CC(O)CCCCCCCCCCCC)CC(O)CCCCCCCCCCCC. The van der Waals surface area contributed by atoms with Gasteiger partial charge in [0.25, 0.3) is 0 Å². The lowest BCUT2D eigenvalue weighted by atomic mass is 10.0. The van der Waals surface area contributed by atoms with E-state index >= 15 is 0 Å². The fourth-order valence-corrected chi connectivity index (χ4v) is 11.1. The van der Waals surface area contributed by atoms with Gasteiger partial charge in [-0.2, -0.15) is 0 Å².